The maximum absolute atomic E-state index is 11.9. The molecule has 5 heteroatoms. The average Bonchev–Trinajstić information content (AvgIpc) is 2.88. The minimum atomic E-state index is -0.252. The largest absolute Gasteiger partial charge is 0.459 e. The van der Waals surface area contributed by atoms with Gasteiger partial charge in [-0.05, 0) is 19.1 Å². The second kappa shape index (κ2) is 6.54. The molecule has 5 nitrogen and oxygen atoms in total. The number of fused-ring (bicyclic) bond motifs is 1. The lowest BCUT2D eigenvalue weighted by Gasteiger charge is -2.15. The van der Waals surface area contributed by atoms with Crippen molar-refractivity contribution in [2.45, 2.75) is 25.5 Å². The summed E-state index contributed by atoms with van der Waals surface area (Å²) in [5, 5.41) is 3.92. The van der Waals surface area contributed by atoms with Crippen LogP contribution in [0.5, 0.6) is 0 Å². The molecule has 0 saturated carbocycles. The van der Waals surface area contributed by atoms with Crippen molar-refractivity contribution in [3.8, 4) is 0 Å². The lowest BCUT2D eigenvalue weighted by molar-refractivity contribution is -0.124. The van der Waals surface area contributed by atoms with Gasteiger partial charge in [-0.15, -0.1) is 0 Å². The molecule has 2 atom stereocenters. The van der Waals surface area contributed by atoms with Gasteiger partial charge in [-0.3, -0.25) is 4.79 Å². The normalized spacial score (nSPS) is 14.2. The Morgan fingerprint density at radius 3 is 2.85 bits per heavy atom. The van der Waals surface area contributed by atoms with Gasteiger partial charge in [-0.1, -0.05) is 18.2 Å². The van der Waals surface area contributed by atoms with Crippen molar-refractivity contribution in [3.05, 3.63) is 36.1 Å². The van der Waals surface area contributed by atoms with Gasteiger partial charge in [-0.2, -0.15) is 0 Å². The minimum Gasteiger partial charge on any atom is -0.459 e. The molecule has 108 valence electrons. The van der Waals surface area contributed by atoms with Crippen LogP contribution in [0.4, 0.5) is 0 Å². The van der Waals surface area contributed by atoms with E-state index in [1.54, 1.807) is 7.11 Å². The molecular formula is C15H20N2O3. The second-order valence-corrected chi connectivity index (χ2v) is 4.77. The summed E-state index contributed by atoms with van der Waals surface area (Å²) in [5.74, 6) is 0.636. The standard InChI is InChI=1S/C15H20N2O3/c1-10(17-15(18)8-12(9-16)19-2)14-7-11-5-3-4-6-13(11)20-14/h3-7,10,12H,8-9,16H2,1-2H3,(H,17,18). The van der Waals surface area contributed by atoms with Gasteiger partial charge in [0.25, 0.3) is 0 Å². The maximum Gasteiger partial charge on any atom is 0.223 e. The highest BCUT2D eigenvalue weighted by Crippen LogP contribution is 2.23. The number of hydrogen-bond donors (Lipinski definition) is 2. The first-order valence-corrected chi connectivity index (χ1v) is 6.64. The molecule has 0 bridgehead atoms. The molecule has 0 fully saturated rings. The molecule has 1 heterocycles. The number of benzene rings is 1. The summed E-state index contributed by atoms with van der Waals surface area (Å²) in [4.78, 5) is 11.9. The Hall–Kier alpha value is -1.85. The molecule has 2 aromatic rings. The fraction of sp³-hybridized carbons (Fsp3) is 0.400. The first-order valence-electron chi connectivity index (χ1n) is 6.64. The summed E-state index contributed by atoms with van der Waals surface area (Å²) in [6.45, 7) is 2.21. The predicted molar refractivity (Wildman–Crippen MR) is 77.2 cm³/mol. The molecule has 20 heavy (non-hydrogen) atoms. The van der Waals surface area contributed by atoms with E-state index in [-0.39, 0.29) is 24.5 Å². The number of carbonyl (C=O) groups excluding carboxylic acids is 1. The zero-order valence-electron chi connectivity index (χ0n) is 11.8. The number of nitrogens with one attached hydrogen (secondary N) is 1. The van der Waals surface area contributed by atoms with Crippen LogP contribution in [0, 0.1) is 0 Å². The molecule has 1 aromatic heterocycles. The fourth-order valence-electron chi connectivity index (χ4n) is 2.06. The van der Waals surface area contributed by atoms with E-state index in [0.29, 0.717) is 6.54 Å². The van der Waals surface area contributed by atoms with Crippen LogP contribution in [0.2, 0.25) is 0 Å². The van der Waals surface area contributed by atoms with Crippen molar-refractivity contribution in [2.75, 3.05) is 13.7 Å². The van der Waals surface area contributed by atoms with Crippen LogP contribution in [-0.4, -0.2) is 25.7 Å². The predicted octanol–water partition coefficient (Wildman–Crippen LogP) is 1.97. The number of nitrogens with two attached hydrogens (primary N) is 1. The van der Waals surface area contributed by atoms with Crippen LogP contribution in [0.25, 0.3) is 11.0 Å². The highest BCUT2D eigenvalue weighted by atomic mass is 16.5. The number of para-hydroxylation sites is 1. The smallest absolute Gasteiger partial charge is 0.223 e. The molecule has 0 saturated heterocycles. The van der Waals surface area contributed by atoms with Crippen molar-refractivity contribution in [1.82, 2.24) is 5.32 Å². The summed E-state index contributed by atoms with van der Waals surface area (Å²) in [6.07, 6.45) is -0.00438. The number of ether oxygens (including phenoxy) is 1. The maximum atomic E-state index is 11.9. The number of rotatable bonds is 6. The van der Waals surface area contributed by atoms with Crippen molar-refractivity contribution < 1.29 is 13.9 Å². The molecule has 1 aromatic carbocycles. The molecule has 0 aliphatic carbocycles. The number of amides is 1. The quantitative estimate of drug-likeness (QED) is 0.845. The summed E-state index contributed by atoms with van der Waals surface area (Å²) < 4.78 is 10.8. The number of methoxy groups -OCH3 is 1. The Labute approximate surface area is 118 Å². The third kappa shape index (κ3) is 3.37. The zero-order chi connectivity index (χ0) is 14.5. The molecule has 0 aliphatic rings. The minimum absolute atomic E-state index is 0.102. The van der Waals surface area contributed by atoms with E-state index < -0.39 is 0 Å². The monoisotopic (exact) mass is 276 g/mol. The summed E-state index contributed by atoms with van der Waals surface area (Å²) in [7, 11) is 1.55. The molecule has 0 aliphatic heterocycles. The molecule has 1 amide bonds. The summed E-state index contributed by atoms with van der Waals surface area (Å²) in [6, 6.07) is 9.51. The number of carbonyl (C=O) groups is 1. The van der Waals surface area contributed by atoms with E-state index in [9.17, 15) is 4.79 Å². The third-order valence-corrected chi connectivity index (χ3v) is 3.26. The van der Waals surface area contributed by atoms with Gasteiger partial charge in [0, 0.05) is 19.0 Å². The zero-order valence-corrected chi connectivity index (χ0v) is 11.8. The Kier molecular flexibility index (Phi) is 4.76. The van der Waals surface area contributed by atoms with E-state index in [0.717, 1.165) is 16.7 Å². The van der Waals surface area contributed by atoms with Gasteiger partial charge in [0.15, 0.2) is 0 Å². The molecule has 2 rings (SSSR count). The Balaban J connectivity index is 2.00. The third-order valence-electron chi connectivity index (χ3n) is 3.26. The fourth-order valence-corrected chi connectivity index (χ4v) is 2.06. The van der Waals surface area contributed by atoms with Crippen LogP contribution in [0.15, 0.2) is 34.7 Å². The molecule has 3 N–H and O–H groups in total. The summed E-state index contributed by atoms with van der Waals surface area (Å²) in [5.41, 5.74) is 6.32. The number of furan rings is 1. The van der Waals surface area contributed by atoms with Crippen LogP contribution >= 0.6 is 0 Å². The van der Waals surface area contributed by atoms with Crippen LogP contribution in [0.3, 0.4) is 0 Å². The van der Waals surface area contributed by atoms with Crippen molar-refractivity contribution in [2.24, 2.45) is 5.73 Å². The van der Waals surface area contributed by atoms with Gasteiger partial charge in [0.05, 0.1) is 18.6 Å². The van der Waals surface area contributed by atoms with Crippen LogP contribution in [0.1, 0.15) is 25.1 Å². The molecule has 0 spiro atoms. The average molecular weight is 276 g/mol. The molecular weight excluding hydrogens is 256 g/mol. The Morgan fingerprint density at radius 1 is 1.45 bits per heavy atom. The van der Waals surface area contributed by atoms with Crippen molar-refractivity contribution in [3.63, 3.8) is 0 Å². The number of hydrogen-bond acceptors (Lipinski definition) is 4. The highest BCUT2D eigenvalue weighted by Gasteiger charge is 2.17. The van der Waals surface area contributed by atoms with E-state index in [4.69, 9.17) is 14.9 Å². The topological polar surface area (TPSA) is 77.5 Å². The van der Waals surface area contributed by atoms with Crippen LogP contribution < -0.4 is 11.1 Å². The highest BCUT2D eigenvalue weighted by molar-refractivity contribution is 5.79. The van der Waals surface area contributed by atoms with Gasteiger partial charge >= 0.3 is 0 Å². The Morgan fingerprint density at radius 2 is 2.20 bits per heavy atom. The van der Waals surface area contributed by atoms with Gasteiger partial charge in [0.1, 0.15) is 11.3 Å². The van der Waals surface area contributed by atoms with Gasteiger partial charge in [-0.25, -0.2) is 0 Å². The summed E-state index contributed by atoms with van der Waals surface area (Å²) >= 11 is 0. The Bertz CT molecular complexity index is 542. The van der Waals surface area contributed by atoms with E-state index in [1.807, 2.05) is 37.3 Å². The lowest BCUT2D eigenvalue weighted by Crippen LogP contribution is -2.33. The lowest BCUT2D eigenvalue weighted by atomic mass is 10.2. The van der Waals surface area contributed by atoms with Crippen molar-refractivity contribution >= 4 is 16.9 Å². The van der Waals surface area contributed by atoms with E-state index in [1.165, 1.54) is 0 Å². The molecule has 0 radical (unpaired) electrons. The van der Waals surface area contributed by atoms with E-state index >= 15 is 0 Å². The SMILES string of the molecule is COC(CN)CC(=O)NC(C)c1cc2ccccc2o1. The molecule has 2 unspecified atom stereocenters. The van der Waals surface area contributed by atoms with Gasteiger partial charge < -0.3 is 20.2 Å². The van der Waals surface area contributed by atoms with Gasteiger partial charge in [0.2, 0.25) is 5.91 Å². The second-order valence-electron chi connectivity index (χ2n) is 4.77. The first-order chi connectivity index (χ1) is 9.63. The van der Waals surface area contributed by atoms with Crippen LogP contribution in [-0.2, 0) is 9.53 Å². The first kappa shape index (κ1) is 14.6. The van der Waals surface area contributed by atoms with E-state index in [2.05, 4.69) is 5.32 Å². The van der Waals surface area contributed by atoms with Crippen molar-refractivity contribution in [1.29, 1.82) is 0 Å².